The number of benzene rings is 1. The number of hydrogen-bond donors (Lipinski definition) is 1. The smallest absolute Gasteiger partial charge is 0.344 e. The maximum atomic E-state index is 15.3. The lowest BCUT2D eigenvalue weighted by Gasteiger charge is -2.46. The van der Waals surface area contributed by atoms with Crippen LogP contribution >= 0.6 is 0 Å². The van der Waals surface area contributed by atoms with Gasteiger partial charge in [0.2, 0.25) is 11.8 Å². The van der Waals surface area contributed by atoms with Crippen molar-refractivity contribution in [2.45, 2.75) is 69.7 Å². The van der Waals surface area contributed by atoms with E-state index in [1.807, 2.05) is 6.92 Å². The fraction of sp³-hybridized carbons (Fsp3) is 0.444. The molecule has 0 radical (unpaired) electrons. The molecule has 2 N–H and O–H groups in total. The molecule has 0 bridgehead atoms. The first-order valence-corrected chi connectivity index (χ1v) is 12.3. The van der Waals surface area contributed by atoms with Gasteiger partial charge in [0, 0.05) is 17.2 Å². The number of nitrogens with two attached hydrogens (primary N) is 1. The number of hydrogen-bond acceptors (Lipinski definition) is 7. The van der Waals surface area contributed by atoms with Gasteiger partial charge < -0.3 is 24.5 Å². The van der Waals surface area contributed by atoms with Gasteiger partial charge in [0.25, 0.3) is 0 Å². The number of fused-ring (bicyclic) bond motifs is 4. The van der Waals surface area contributed by atoms with Crippen LogP contribution in [-0.2, 0) is 19.7 Å². The molecule has 2 aromatic rings. The number of aryl methyl sites for hydroxylation is 1. The summed E-state index contributed by atoms with van der Waals surface area (Å²) in [5.41, 5.74) is 3.82. The van der Waals surface area contributed by atoms with Crippen molar-refractivity contribution in [1.29, 1.82) is 0 Å². The van der Waals surface area contributed by atoms with Gasteiger partial charge in [-0.25, -0.2) is 14.0 Å². The minimum absolute atomic E-state index is 0.00118. The van der Waals surface area contributed by atoms with E-state index in [1.165, 1.54) is 18.2 Å². The SMILES string of the molecule is CCOC(=O)C1=C(N)Oc2cc(C)oc(=O)c2[C@]12C(=O)N1c3c(cc(F)cc32)[C@@H](C)CC12CCCC2. The zero-order valence-electron chi connectivity index (χ0n) is 20.4. The van der Waals surface area contributed by atoms with Crippen LogP contribution in [0.25, 0.3) is 0 Å². The summed E-state index contributed by atoms with van der Waals surface area (Å²) in [6, 6.07) is 4.13. The van der Waals surface area contributed by atoms with Crippen molar-refractivity contribution < 1.29 is 27.9 Å². The quantitative estimate of drug-likeness (QED) is 0.634. The number of ether oxygens (including phenoxy) is 2. The van der Waals surface area contributed by atoms with Crippen LogP contribution in [0.4, 0.5) is 10.1 Å². The summed E-state index contributed by atoms with van der Waals surface area (Å²) in [7, 11) is 0. The van der Waals surface area contributed by atoms with E-state index >= 15 is 4.39 Å². The Hall–Kier alpha value is -3.62. The molecule has 0 saturated heterocycles. The largest absolute Gasteiger partial charge is 0.462 e. The monoisotopic (exact) mass is 494 g/mol. The summed E-state index contributed by atoms with van der Waals surface area (Å²) in [6.07, 6.45) is 4.09. The van der Waals surface area contributed by atoms with Crippen LogP contribution < -0.4 is 21.0 Å². The average molecular weight is 495 g/mol. The third kappa shape index (κ3) is 2.66. The Morgan fingerprint density at radius 2 is 1.97 bits per heavy atom. The third-order valence-electron chi connectivity index (χ3n) is 8.22. The first-order chi connectivity index (χ1) is 17.2. The molecule has 1 fully saturated rings. The van der Waals surface area contributed by atoms with Crippen molar-refractivity contribution in [2.75, 3.05) is 11.5 Å². The molecule has 0 unspecified atom stereocenters. The van der Waals surface area contributed by atoms with Crippen molar-refractivity contribution in [3.63, 3.8) is 0 Å². The molecular formula is C27H27FN2O6. The predicted octanol–water partition coefficient (Wildman–Crippen LogP) is 3.67. The molecular weight excluding hydrogens is 467 g/mol. The summed E-state index contributed by atoms with van der Waals surface area (Å²) in [5, 5.41) is 0. The van der Waals surface area contributed by atoms with Gasteiger partial charge in [0.05, 0.1) is 12.3 Å². The van der Waals surface area contributed by atoms with Crippen LogP contribution in [0.2, 0.25) is 0 Å². The molecule has 9 heteroatoms. The Morgan fingerprint density at radius 1 is 1.25 bits per heavy atom. The second-order valence-electron chi connectivity index (χ2n) is 10.3. The van der Waals surface area contributed by atoms with E-state index in [4.69, 9.17) is 19.6 Å². The number of carbonyl (C=O) groups excluding carboxylic acids is 2. The number of amides is 1. The highest BCUT2D eigenvalue weighted by Gasteiger charge is 2.67. The normalized spacial score (nSPS) is 25.3. The van der Waals surface area contributed by atoms with Crippen LogP contribution in [0.3, 0.4) is 0 Å². The second kappa shape index (κ2) is 7.44. The van der Waals surface area contributed by atoms with E-state index in [2.05, 4.69) is 0 Å². The Morgan fingerprint density at radius 3 is 2.67 bits per heavy atom. The zero-order valence-corrected chi connectivity index (χ0v) is 20.4. The Bertz CT molecular complexity index is 1440. The summed E-state index contributed by atoms with van der Waals surface area (Å²) in [5.74, 6) is -2.13. The van der Waals surface area contributed by atoms with Gasteiger partial charge in [0.15, 0.2) is 0 Å². The maximum Gasteiger partial charge on any atom is 0.344 e. The minimum atomic E-state index is -2.05. The minimum Gasteiger partial charge on any atom is -0.462 e. The molecule has 1 aliphatic carbocycles. The topological polar surface area (TPSA) is 112 Å². The number of anilines is 1. The average Bonchev–Trinajstić information content (AvgIpc) is 3.34. The fourth-order valence-corrected chi connectivity index (χ4v) is 7.02. The molecule has 36 heavy (non-hydrogen) atoms. The Balaban J connectivity index is 1.78. The van der Waals surface area contributed by atoms with Gasteiger partial charge in [-0.05, 0) is 56.7 Å². The lowest BCUT2D eigenvalue weighted by molar-refractivity contribution is -0.141. The van der Waals surface area contributed by atoms with Gasteiger partial charge >= 0.3 is 11.6 Å². The molecule has 4 aliphatic rings. The number of rotatable bonds is 2. The van der Waals surface area contributed by atoms with Crippen LogP contribution in [0, 0.1) is 12.7 Å². The Kier molecular flexibility index (Phi) is 4.72. The fourth-order valence-electron chi connectivity index (χ4n) is 7.02. The highest BCUT2D eigenvalue weighted by Crippen LogP contribution is 2.62. The van der Waals surface area contributed by atoms with E-state index in [1.54, 1.807) is 18.7 Å². The van der Waals surface area contributed by atoms with Gasteiger partial charge in [-0.15, -0.1) is 0 Å². The zero-order chi connectivity index (χ0) is 25.6. The van der Waals surface area contributed by atoms with Gasteiger partial charge in [0.1, 0.15) is 33.9 Å². The molecule has 1 saturated carbocycles. The van der Waals surface area contributed by atoms with Crippen molar-refractivity contribution in [3.05, 3.63) is 68.3 Å². The summed E-state index contributed by atoms with van der Waals surface area (Å²) in [6.45, 7) is 5.21. The first-order valence-electron chi connectivity index (χ1n) is 12.3. The van der Waals surface area contributed by atoms with Crippen LogP contribution in [0.1, 0.15) is 74.3 Å². The van der Waals surface area contributed by atoms with Gasteiger partial charge in [-0.2, -0.15) is 0 Å². The summed E-state index contributed by atoms with van der Waals surface area (Å²) < 4.78 is 31.7. The molecule has 8 nitrogen and oxygen atoms in total. The van der Waals surface area contributed by atoms with Crippen LogP contribution in [-0.4, -0.2) is 24.0 Å². The molecule has 1 aromatic carbocycles. The lowest BCUT2D eigenvalue weighted by Crippen LogP contribution is -2.57. The highest BCUT2D eigenvalue weighted by molar-refractivity contribution is 6.20. The van der Waals surface area contributed by atoms with Crippen LogP contribution in [0.5, 0.6) is 5.75 Å². The third-order valence-corrected chi connectivity index (χ3v) is 8.22. The van der Waals surface area contributed by atoms with E-state index in [9.17, 15) is 14.4 Å². The lowest BCUT2D eigenvalue weighted by atomic mass is 9.68. The molecule has 2 spiro atoms. The predicted molar refractivity (Wildman–Crippen MR) is 127 cm³/mol. The van der Waals surface area contributed by atoms with E-state index in [0.717, 1.165) is 25.7 Å². The number of carbonyl (C=O) groups is 2. The molecule has 1 amide bonds. The number of nitrogens with zero attached hydrogens (tertiary/aromatic N) is 1. The molecule has 188 valence electrons. The van der Waals surface area contributed by atoms with Gasteiger partial charge in [-0.3, -0.25) is 4.79 Å². The second-order valence-corrected chi connectivity index (χ2v) is 10.3. The highest BCUT2D eigenvalue weighted by atomic mass is 19.1. The molecule has 1 aromatic heterocycles. The summed E-state index contributed by atoms with van der Waals surface area (Å²) in [4.78, 5) is 43.5. The van der Waals surface area contributed by atoms with Crippen molar-refractivity contribution >= 4 is 17.6 Å². The Labute approximate surface area is 206 Å². The number of esters is 1. The molecule has 6 rings (SSSR count). The molecule has 3 aliphatic heterocycles. The van der Waals surface area contributed by atoms with E-state index in [-0.39, 0.29) is 46.6 Å². The standard InChI is InChI=1S/C27H27FN2O6/c1-4-34-23(31)20-22(29)36-18-9-14(3)35-24(32)19(18)27(20)17-11-15(28)10-16-13(2)12-26(7-5-6-8-26)30(21(16)17)25(27)33/h9-11,13H,4-8,12,29H2,1-3H3/t13-,27-/m0/s1. The molecule has 2 atom stereocenters. The first kappa shape index (κ1) is 22.8. The molecule has 4 heterocycles. The number of halogens is 1. The van der Waals surface area contributed by atoms with Crippen molar-refractivity contribution in [2.24, 2.45) is 5.73 Å². The van der Waals surface area contributed by atoms with Crippen molar-refractivity contribution in [1.82, 2.24) is 0 Å². The van der Waals surface area contributed by atoms with Gasteiger partial charge in [-0.1, -0.05) is 19.8 Å². The summed E-state index contributed by atoms with van der Waals surface area (Å²) >= 11 is 0. The van der Waals surface area contributed by atoms with E-state index < -0.39 is 34.3 Å². The maximum absolute atomic E-state index is 15.3. The van der Waals surface area contributed by atoms with Crippen molar-refractivity contribution in [3.8, 4) is 5.75 Å². The van der Waals surface area contributed by atoms with Crippen LogP contribution in [0.15, 0.2) is 38.9 Å². The van der Waals surface area contributed by atoms with E-state index in [0.29, 0.717) is 17.7 Å².